The highest BCUT2D eigenvalue weighted by molar-refractivity contribution is 5.85. The highest BCUT2D eigenvalue weighted by Crippen LogP contribution is 2.20. The zero-order valence-electron chi connectivity index (χ0n) is 14.2. The van der Waals surface area contributed by atoms with Gasteiger partial charge in [0, 0.05) is 32.6 Å². The van der Waals surface area contributed by atoms with E-state index in [2.05, 4.69) is 22.0 Å². The number of hydrogen-bond acceptors (Lipinski definition) is 6. The molecule has 2 atom stereocenters. The summed E-state index contributed by atoms with van der Waals surface area (Å²) in [7, 11) is 0. The van der Waals surface area contributed by atoms with Gasteiger partial charge in [0.2, 0.25) is 11.8 Å². The Kier molecular flexibility index (Phi) is 7.94. The fourth-order valence-corrected chi connectivity index (χ4v) is 2.74. The molecule has 1 aliphatic rings. The number of nitrogens with two attached hydrogens (primary N) is 1. The van der Waals surface area contributed by atoms with Crippen LogP contribution in [0.2, 0.25) is 0 Å². The van der Waals surface area contributed by atoms with Crippen molar-refractivity contribution >= 4 is 18.3 Å². The van der Waals surface area contributed by atoms with E-state index in [0.29, 0.717) is 19.0 Å². The molecule has 1 aliphatic heterocycles. The standard InChI is InChI=1S/C15H27N5O2.ClH/c1-4-6-12(16)15(21)20-9-7-19(8-10-20)11(3)14-17-13(5-2)18-22-14;/h11-12H,4-10,16H2,1-3H3;1H. The molecule has 1 fully saturated rings. The summed E-state index contributed by atoms with van der Waals surface area (Å²) < 4.78 is 5.31. The SMILES string of the molecule is CCCC(N)C(=O)N1CCN(C(C)c2nc(CC)no2)CC1.Cl. The Morgan fingerprint density at radius 1 is 1.30 bits per heavy atom. The van der Waals surface area contributed by atoms with Crippen LogP contribution in [-0.4, -0.2) is 58.1 Å². The van der Waals surface area contributed by atoms with Gasteiger partial charge in [0.25, 0.3) is 0 Å². The van der Waals surface area contributed by atoms with Crippen molar-refractivity contribution in [3.05, 3.63) is 11.7 Å². The van der Waals surface area contributed by atoms with Gasteiger partial charge in [-0.15, -0.1) is 12.4 Å². The van der Waals surface area contributed by atoms with Crippen LogP contribution in [0, 0.1) is 0 Å². The lowest BCUT2D eigenvalue weighted by Gasteiger charge is -2.37. The summed E-state index contributed by atoms with van der Waals surface area (Å²) in [5.74, 6) is 1.46. The van der Waals surface area contributed by atoms with Gasteiger partial charge in [-0.05, 0) is 13.3 Å². The number of nitrogens with zero attached hydrogens (tertiary/aromatic N) is 4. The zero-order chi connectivity index (χ0) is 16.1. The van der Waals surface area contributed by atoms with E-state index in [1.54, 1.807) is 0 Å². The molecule has 2 heterocycles. The number of aryl methyl sites for hydroxylation is 1. The molecule has 0 spiro atoms. The Bertz CT molecular complexity index is 488. The average molecular weight is 346 g/mol. The first kappa shape index (κ1) is 19.9. The largest absolute Gasteiger partial charge is 0.339 e. The maximum atomic E-state index is 12.2. The molecule has 1 saturated heterocycles. The second-order valence-corrected chi connectivity index (χ2v) is 5.83. The Morgan fingerprint density at radius 3 is 2.48 bits per heavy atom. The summed E-state index contributed by atoms with van der Waals surface area (Å²) in [5.41, 5.74) is 5.92. The van der Waals surface area contributed by atoms with Gasteiger partial charge in [0.15, 0.2) is 5.82 Å². The van der Waals surface area contributed by atoms with Crippen LogP contribution in [-0.2, 0) is 11.2 Å². The van der Waals surface area contributed by atoms with Gasteiger partial charge in [-0.1, -0.05) is 25.4 Å². The van der Waals surface area contributed by atoms with E-state index in [1.807, 2.05) is 18.7 Å². The molecule has 1 aromatic heterocycles. The molecule has 23 heavy (non-hydrogen) atoms. The van der Waals surface area contributed by atoms with Crippen molar-refractivity contribution < 1.29 is 9.32 Å². The second kappa shape index (κ2) is 9.20. The predicted octanol–water partition coefficient (Wildman–Crippen LogP) is 1.39. The van der Waals surface area contributed by atoms with E-state index in [1.165, 1.54) is 0 Å². The predicted molar refractivity (Wildman–Crippen MR) is 90.4 cm³/mol. The van der Waals surface area contributed by atoms with Crippen molar-refractivity contribution in [3.63, 3.8) is 0 Å². The van der Waals surface area contributed by atoms with Crippen LogP contribution in [0.15, 0.2) is 4.52 Å². The molecule has 0 bridgehead atoms. The number of carbonyl (C=O) groups is 1. The van der Waals surface area contributed by atoms with Crippen molar-refractivity contribution in [3.8, 4) is 0 Å². The minimum atomic E-state index is -0.364. The lowest BCUT2D eigenvalue weighted by atomic mass is 10.1. The van der Waals surface area contributed by atoms with Crippen molar-refractivity contribution in [2.45, 2.75) is 52.1 Å². The molecule has 0 radical (unpaired) electrons. The molecule has 0 saturated carbocycles. The summed E-state index contributed by atoms with van der Waals surface area (Å²) in [6.07, 6.45) is 2.45. The third-order valence-electron chi connectivity index (χ3n) is 4.25. The van der Waals surface area contributed by atoms with Crippen LogP contribution in [0.25, 0.3) is 0 Å². The maximum absolute atomic E-state index is 12.2. The minimum absolute atomic E-state index is 0. The van der Waals surface area contributed by atoms with Gasteiger partial charge in [-0.3, -0.25) is 9.69 Å². The third kappa shape index (κ3) is 4.89. The van der Waals surface area contributed by atoms with E-state index in [0.717, 1.165) is 38.2 Å². The van der Waals surface area contributed by atoms with E-state index >= 15 is 0 Å². The fraction of sp³-hybridized carbons (Fsp3) is 0.800. The van der Waals surface area contributed by atoms with E-state index in [4.69, 9.17) is 10.3 Å². The normalized spacial score (nSPS) is 18.3. The molecule has 8 heteroatoms. The summed E-state index contributed by atoms with van der Waals surface area (Å²) in [6, 6.07) is -0.286. The summed E-state index contributed by atoms with van der Waals surface area (Å²) in [6.45, 7) is 9.12. The van der Waals surface area contributed by atoms with Crippen molar-refractivity contribution in [1.82, 2.24) is 19.9 Å². The smallest absolute Gasteiger partial charge is 0.243 e. The van der Waals surface area contributed by atoms with E-state index < -0.39 is 0 Å². The van der Waals surface area contributed by atoms with Crippen molar-refractivity contribution in [2.75, 3.05) is 26.2 Å². The van der Waals surface area contributed by atoms with Gasteiger partial charge in [0.05, 0.1) is 12.1 Å². The summed E-state index contributed by atoms with van der Waals surface area (Å²) >= 11 is 0. The molecule has 132 valence electrons. The van der Waals surface area contributed by atoms with Crippen LogP contribution in [0.4, 0.5) is 0 Å². The Morgan fingerprint density at radius 2 is 1.96 bits per heavy atom. The molecule has 1 amide bonds. The molecule has 2 N–H and O–H groups in total. The molecular weight excluding hydrogens is 318 g/mol. The number of halogens is 1. The lowest BCUT2D eigenvalue weighted by Crippen LogP contribution is -2.53. The Labute approximate surface area is 144 Å². The molecular formula is C15H28ClN5O2. The molecule has 2 rings (SSSR count). The Balaban J connectivity index is 0.00000264. The maximum Gasteiger partial charge on any atom is 0.243 e. The number of aromatic nitrogens is 2. The fourth-order valence-electron chi connectivity index (χ4n) is 2.74. The first-order chi connectivity index (χ1) is 10.6. The number of piperazine rings is 1. The van der Waals surface area contributed by atoms with Crippen LogP contribution >= 0.6 is 12.4 Å². The molecule has 7 nitrogen and oxygen atoms in total. The number of rotatable bonds is 6. The van der Waals surface area contributed by atoms with Gasteiger partial charge in [-0.2, -0.15) is 4.98 Å². The van der Waals surface area contributed by atoms with E-state index in [9.17, 15) is 4.79 Å². The number of carbonyl (C=O) groups excluding carboxylic acids is 1. The quantitative estimate of drug-likeness (QED) is 0.838. The number of amides is 1. The van der Waals surface area contributed by atoms with Crippen LogP contribution < -0.4 is 5.73 Å². The second-order valence-electron chi connectivity index (χ2n) is 5.83. The van der Waals surface area contributed by atoms with Crippen molar-refractivity contribution in [2.24, 2.45) is 5.73 Å². The summed E-state index contributed by atoms with van der Waals surface area (Å²) in [4.78, 5) is 20.7. The van der Waals surface area contributed by atoms with Crippen LogP contribution in [0.3, 0.4) is 0 Å². The zero-order valence-corrected chi connectivity index (χ0v) is 15.0. The molecule has 2 unspecified atom stereocenters. The monoisotopic (exact) mass is 345 g/mol. The molecule has 0 aliphatic carbocycles. The van der Waals surface area contributed by atoms with E-state index in [-0.39, 0.29) is 30.4 Å². The highest BCUT2D eigenvalue weighted by Gasteiger charge is 2.29. The highest BCUT2D eigenvalue weighted by atomic mass is 35.5. The van der Waals surface area contributed by atoms with Crippen LogP contribution in [0.1, 0.15) is 51.4 Å². The summed E-state index contributed by atoms with van der Waals surface area (Å²) in [5, 5.41) is 3.94. The first-order valence-electron chi connectivity index (χ1n) is 8.17. The third-order valence-corrected chi connectivity index (χ3v) is 4.25. The lowest BCUT2D eigenvalue weighted by molar-refractivity contribution is -0.134. The van der Waals surface area contributed by atoms with Crippen molar-refractivity contribution in [1.29, 1.82) is 0 Å². The molecule has 0 aromatic carbocycles. The first-order valence-corrected chi connectivity index (χ1v) is 8.17. The van der Waals surface area contributed by atoms with Gasteiger partial charge in [-0.25, -0.2) is 0 Å². The minimum Gasteiger partial charge on any atom is -0.339 e. The topological polar surface area (TPSA) is 88.5 Å². The molecule has 1 aromatic rings. The Hall–Kier alpha value is -1.18. The number of hydrogen-bond donors (Lipinski definition) is 1. The van der Waals surface area contributed by atoms with Crippen LogP contribution in [0.5, 0.6) is 0 Å². The van der Waals surface area contributed by atoms with Gasteiger partial charge < -0.3 is 15.2 Å². The average Bonchev–Trinajstić information content (AvgIpc) is 3.03. The van der Waals surface area contributed by atoms with Gasteiger partial charge >= 0.3 is 0 Å². The van der Waals surface area contributed by atoms with Gasteiger partial charge in [0.1, 0.15) is 0 Å².